The molecule has 0 bridgehead atoms. The molecule has 1 aliphatic rings. The Labute approximate surface area is 122 Å². The van der Waals surface area contributed by atoms with E-state index in [2.05, 4.69) is 38.4 Å². The summed E-state index contributed by atoms with van der Waals surface area (Å²) >= 11 is 1.86. The normalized spacial score (nSPS) is 18.9. The molecule has 1 aromatic rings. The van der Waals surface area contributed by atoms with Gasteiger partial charge in [-0.05, 0) is 24.8 Å². The van der Waals surface area contributed by atoms with Gasteiger partial charge in [-0.3, -0.25) is 0 Å². The van der Waals surface area contributed by atoms with Crippen LogP contribution in [0.4, 0.5) is 0 Å². The van der Waals surface area contributed by atoms with Crippen molar-refractivity contribution in [1.29, 1.82) is 0 Å². The molecule has 1 aromatic heterocycles. The summed E-state index contributed by atoms with van der Waals surface area (Å²) in [4.78, 5) is 4.89. The molecule has 1 aliphatic carbocycles. The molecule has 0 spiro atoms. The van der Waals surface area contributed by atoms with Gasteiger partial charge in [-0.2, -0.15) is 0 Å². The molecule has 1 heterocycles. The van der Waals surface area contributed by atoms with Crippen LogP contribution in [0.1, 0.15) is 64.1 Å². The third-order valence-corrected chi connectivity index (χ3v) is 5.11. The zero-order valence-electron chi connectivity index (χ0n) is 12.9. The second-order valence-corrected chi connectivity index (χ2v) is 7.98. The molecule has 3 heteroatoms. The maximum Gasteiger partial charge on any atom is 0.0934 e. The number of hydrogen-bond acceptors (Lipinski definition) is 3. The van der Waals surface area contributed by atoms with Crippen LogP contribution >= 0.6 is 11.3 Å². The average Bonchev–Trinajstić information content (AvgIpc) is 2.96. The fraction of sp³-hybridized carbons (Fsp3) is 0.812. The lowest BCUT2D eigenvalue weighted by Gasteiger charge is -2.28. The maximum atomic E-state index is 4.89. The van der Waals surface area contributed by atoms with Gasteiger partial charge in [0.25, 0.3) is 0 Å². The topological polar surface area (TPSA) is 24.9 Å². The molecule has 2 nitrogen and oxygen atoms in total. The van der Waals surface area contributed by atoms with Crippen LogP contribution in [0.3, 0.4) is 0 Å². The number of nitrogens with one attached hydrogen (secondary N) is 1. The highest BCUT2D eigenvalue weighted by molar-refractivity contribution is 7.09. The van der Waals surface area contributed by atoms with E-state index < -0.39 is 0 Å². The van der Waals surface area contributed by atoms with Gasteiger partial charge >= 0.3 is 0 Å². The van der Waals surface area contributed by atoms with Gasteiger partial charge in [0, 0.05) is 23.8 Å². The number of thiazole rings is 1. The Kier molecular flexibility index (Phi) is 4.67. The molecule has 0 radical (unpaired) electrons. The first kappa shape index (κ1) is 15.0. The summed E-state index contributed by atoms with van der Waals surface area (Å²) in [6.45, 7) is 11.2. The van der Waals surface area contributed by atoms with E-state index in [0.717, 1.165) is 13.1 Å². The monoisotopic (exact) mass is 280 g/mol. The van der Waals surface area contributed by atoms with E-state index >= 15 is 0 Å². The molecule has 0 saturated heterocycles. The molecule has 108 valence electrons. The molecule has 2 rings (SSSR count). The molecule has 1 N–H and O–H groups in total. The predicted molar refractivity (Wildman–Crippen MR) is 84.0 cm³/mol. The highest BCUT2D eigenvalue weighted by Crippen LogP contribution is 2.41. The predicted octanol–water partition coefficient (Wildman–Crippen LogP) is 4.15. The van der Waals surface area contributed by atoms with Crippen LogP contribution in [0.2, 0.25) is 0 Å². The summed E-state index contributed by atoms with van der Waals surface area (Å²) in [5, 5.41) is 7.16. The van der Waals surface area contributed by atoms with E-state index in [4.69, 9.17) is 4.98 Å². The van der Waals surface area contributed by atoms with Gasteiger partial charge < -0.3 is 5.32 Å². The largest absolute Gasteiger partial charge is 0.316 e. The van der Waals surface area contributed by atoms with Crippen LogP contribution in [0, 0.1) is 5.41 Å². The molecule has 0 aromatic carbocycles. The summed E-state index contributed by atoms with van der Waals surface area (Å²) in [7, 11) is 0. The van der Waals surface area contributed by atoms with E-state index in [0.29, 0.717) is 5.41 Å². The molecule has 0 atom stereocenters. The zero-order chi connectivity index (χ0) is 13.9. The van der Waals surface area contributed by atoms with Gasteiger partial charge in [-0.15, -0.1) is 11.3 Å². The summed E-state index contributed by atoms with van der Waals surface area (Å²) in [6, 6.07) is 0. The van der Waals surface area contributed by atoms with Gasteiger partial charge in [-0.1, -0.05) is 40.5 Å². The summed E-state index contributed by atoms with van der Waals surface area (Å²) in [5.74, 6) is 0. The van der Waals surface area contributed by atoms with Crippen molar-refractivity contribution in [2.45, 2.75) is 65.2 Å². The van der Waals surface area contributed by atoms with Crippen LogP contribution in [0.5, 0.6) is 0 Å². The molecule has 1 fully saturated rings. The SMILES string of the molecule is CCNCC1(Cc2nc(C(C)(C)C)cs2)CCCC1. The second-order valence-electron chi connectivity index (χ2n) is 7.04. The van der Waals surface area contributed by atoms with Crippen LogP contribution in [-0.2, 0) is 11.8 Å². The maximum absolute atomic E-state index is 4.89. The van der Waals surface area contributed by atoms with Crippen molar-refractivity contribution in [2.75, 3.05) is 13.1 Å². The molecule has 19 heavy (non-hydrogen) atoms. The van der Waals surface area contributed by atoms with Gasteiger partial charge in [0.1, 0.15) is 0 Å². The number of aromatic nitrogens is 1. The average molecular weight is 280 g/mol. The minimum Gasteiger partial charge on any atom is -0.316 e. The first-order valence-electron chi connectivity index (χ1n) is 7.61. The van der Waals surface area contributed by atoms with Crippen molar-refractivity contribution in [3.63, 3.8) is 0 Å². The van der Waals surface area contributed by atoms with Crippen molar-refractivity contribution >= 4 is 11.3 Å². The Bertz CT molecular complexity index is 397. The van der Waals surface area contributed by atoms with Crippen molar-refractivity contribution in [1.82, 2.24) is 10.3 Å². The quantitative estimate of drug-likeness (QED) is 0.876. The lowest BCUT2D eigenvalue weighted by atomic mass is 9.82. The molecular weight excluding hydrogens is 252 g/mol. The Morgan fingerprint density at radius 3 is 2.53 bits per heavy atom. The number of nitrogens with zero attached hydrogens (tertiary/aromatic N) is 1. The van der Waals surface area contributed by atoms with Gasteiger partial charge in [0.05, 0.1) is 10.7 Å². The van der Waals surface area contributed by atoms with Crippen molar-refractivity contribution < 1.29 is 0 Å². The highest BCUT2D eigenvalue weighted by Gasteiger charge is 2.34. The Morgan fingerprint density at radius 1 is 1.32 bits per heavy atom. The summed E-state index contributed by atoms with van der Waals surface area (Å²) < 4.78 is 0. The number of rotatable bonds is 5. The first-order chi connectivity index (χ1) is 8.95. The van der Waals surface area contributed by atoms with E-state index in [1.807, 2.05) is 11.3 Å². The van der Waals surface area contributed by atoms with Crippen LogP contribution in [-0.4, -0.2) is 18.1 Å². The van der Waals surface area contributed by atoms with Crippen LogP contribution in [0.25, 0.3) is 0 Å². The fourth-order valence-corrected chi connectivity index (χ4v) is 4.18. The summed E-state index contributed by atoms with van der Waals surface area (Å²) in [6.07, 6.45) is 6.68. The Balaban J connectivity index is 2.07. The molecule has 1 saturated carbocycles. The van der Waals surface area contributed by atoms with Crippen LogP contribution < -0.4 is 5.32 Å². The molecule has 0 amide bonds. The second kappa shape index (κ2) is 5.92. The van der Waals surface area contributed by atoms with Crippen LogP contribution in [0.15, 0.2) is 5.38 Å². The Morgan fingerprint density at radius 2 is 2.00 bits per heavy atom. The van der Waals surface area contributed by atoms with E-state index in [1.54, 1.807) is 0 Å². The lowest BCUT2D eigenvalue weighted by Crippen LogP contribution is -2.34. The van der Waals surface area contributed by atoms with Crippen molar-refractivity contribution in [2.24, 2.45) is 5.41 Å². The molecule has 0 unspecified atom stereocenters. The standard InChI is InChI=1S/C16H28N2S/c1-5-17-12-16(8-6-7-9-16)10-14-18-13(11-19-14)15(2,3)4/h11,17H,5-10,12H2,1-4H3. The lowest BCUT2D eigenvalue weighted by molar-refractivity contribution is 0.279. The minimum atomic E-state index is 0.180. The molecule has 0 aliphatic heterocycles. The van der Waals surface area contributed by atoms with Gasteiger partial charge in [-0.25, -0.2) is 4.98 Å². The first-order valence-corrected chi connectivity index (χ1v) is 8.49. The third-order valence-electron chi connectivity index (χ3n) is 4.26. The third kappa shape index (κ3) is 3.79. The molecular formula is C16H28N2S. The van der Waals surface area contributed by atoms with Gasteiger partial charge in [0.2, 0.25) is 0 Å². The smallest absolute Gasteiger partial charge is 0.0934 e. The van der Waals surface area contributed by atoms with E-state index in [-0.39, 0.29) is 5.41 Å². The van der Waals surface area contributed by atoms with Crippen molar-refractivity contribution in [3.05, 3.63) is 16.1 Å². The van der Waals surface area contributed by atoms with Gasteiger partial charge in [0.15, 0.2) is 0 Å². The van der Waals surface area contributed by atoms with E-state index in [9.17, 15) is 0 Å². The summed E-state index contributed by atoms with van der Waals surface area (Å²) in [5.41, 5.74) is 1.91. The van der Waals surface area contributed by atoms with E-state index in [1.165, 1.54) is 42.8 Å². The fourth-order valence-electron chi connectivity index (χ4n) is 2.99. The minimum absolute atomic E-state index is 0.180. The zero-order valence-corrected chi connectivity index (χ0v) is 13.7. The highest BCUT2D eigenvalue weighted by atomic mass is 32.1. The number of hydrogen-bond donors (Lipinski definition) is 1. The Hall–Kier alpha value is -0.410. The van der Waals surface area contributed by atoms with Crippen molar-refractivity contribution in [3.8, 4) is 0 Å².